The number of fused-ring (bicyclic) bond motifs is 1. The van der Waals surface area contributed by atoms with Gasteiger partial charge in [0.1, 0.15) is 0 Å². The molecule has 3 aromatic carbocycles. The van der Waals surface area contributed by atoms with Crippen LogP contribution < -0.4 is 4.90 Å². The molecule has 2 unspecified atom stereocenters. The third kappa shape index (κ3) is 6.52. The van der Waals surface area contributed by atoms with E-state index in [4.69, 9.17) is 5.11 Å². The Balaban J connectivity index is 1.41. The van der Waals surface area contributed by atoms with Gasteiger partial charge in [-0.3, -0.25) is 9.35 Å². The maximum atomic E-state index is 13.2. The summed E-state index contributed by atoms with van der Waals surface area (Å²) in [5, 5.41) is 11.3. The SMILES string of the molecule is CC(CC(=O)O)N(N1CCN(c2ccc(C#Cc3ccc4c(C(F)(F)F)cccc4c3)cc2)CC1)S(=O)O. The van der Waals surface area contributed by atoms with Crippen molar-refractivity contribution >= 4 is 33.7 Å². The van der Waals surface area contributed by atoms with Crippen LogP contribution in [0.1, 0.15) is 30.0 Å². The van der Waals surface area contributed by atoms with Crippen molar-refractivity contribution in [1.29, 1.82) is 0 Å². The second-order valence-corrected chi connectivity index (χ2v) is 9.79. The van der Waals surface area contributed by atoms with E-state index in [9.17, 15) is 26.7 Å². The van der Waals surface area contributed by atoms with Gasteiger partial charge in [0, 0.05) is 49.0 Å². The van der Waals surface area contributed by atoms with Gasteiger partial charge in [0.05, 0.1) is 12.0 Å². The number of alkyl halides is 3. The van der Waals surface area contributed by atoms with Gasteiger partial charge in [0.25, 0.3) is 0 Å². The predicted molar refractivity (Wildman–Crippen MR) is 139 cm³/mol. The number of hydrogen-bond acceptors (Lipinski definition) is 4. The Labute approximate surface area is 220 Å². The van der Waals surface area contributed by atoms with Crippen molar-refractivity contribution in [1.82, 2.24) is 9.42 Å². The first-order valence-corrected chi connectivity index (χ1v) is 12.9. The van der Waals surface area contributed by atoms with E-state index in [1.807, 2.05) is 24.3 Å². The summed E-state index contributed by atoms with van der Waals surface area (Å²) in [5.74, 6) is 5.02. The molecule has 0 radical (unpaired) electrons. The van der Waals surface area contributed by atoms with E-state index >= 15 is 0 Å². The molecule has 1 aliphatic heterocycles. The summed E-state index contributed by atoms with van der Waals surface area (Å²) < 4.78 is 62.4. The van der Waals surface area contributed by atoms with Crippen LogP contribution in [0.25, 0.3) is 10.8 Å². The van der Waals surface area contributed by atoms with E-state index in [2.05, 4.69) is 16.7 Å². The molecule has 11 heteroatoms. The molecule has 3 aromatic rings. The number of aliphatic carboxylic acids is 1. The predicted octanol–water partition coefficient (Wildman–Crippen LogP) is 4.60. The van der Waals surface area contributed by atoms with Gasteiger partial charge in [-0.15, -0.1) is 4.41 Å². The van der Waals surface area contributed by atoms with Gasteiger partial charge >= 0.3 is 12.1 Å². The van der Waals surface area contributed by atoms with Crippen molar-refractivity contribution in [3.05, 3.63) is 77.4 Å². The minimum absolute atomic E-state index is 0.139. The second-order valence-electron chi connectivity index (χ2n) is 8.96. The minimum atomic E-state index is -4.42. The summed E-state index contributed by atoms with van der Waals surface area (Å²) in [4.78, 5) is 13.1. The number of rotatable bonds is 6. The lowest BCUT2D eigenvalue weighted by Crippen LogP contribution is -2.57. The van der Waals surface area contributed by atoms with E-state index in [-0.39, 0.29) is 11.8 Å². The van der Waals surface area contributed by atoms with E-state index in [1.54, 1.807) is 30.1 Å². The Morgan fingerprint density at radius 1 is 1.03 bits per heavy atom. The fraction of sp³-hybridized carbons (Fsp3) is 0.296. The summed E-state index contributed by atoms with van der Waals surface area (Å²) >= 11 is -2.33. The molecule has 0 amide bonds. The number of benzene rings is 3. The first-order valence-electron chi connectivity index (χ1n) is 11.9. The standard InChI is InChI=1S/C27H26F3N3O4S/c1-19(17-26(34)35)33(38(36)37)32-15-13-31(14-16-32)23-10-7-20(8-11-23)5-6-21-9-12-24-22(18-21)3-2-4-25(24)27(28,29)30/h2-4,7-12,18-19H,13-17H2,1H3,(H,34,35)(H,36,37). The number of carboxylic acids is 1. The van der Waals surface area contributed by atoms with Crippen molar-refractivity contribution in [2.75, 3.05) is 31.1 Å². The minimum Gasteiger partial charge on any atom is -0.481 e. The molecule has 0 aliphatic carbocycles. The van der Waals surface area contributed by atoms with Gasteiger partial charge in [0.15, 0.2) is 0 Å². The Morgan fingerprint density at radius 3 is 2.26 bits per heavy atom. The Hall–Kier alpha value is -3.43. The Morgan fingerprint density at radius 2 is 1.66 bits per heavy atom. The average molecular weight is 546 g/mol. The van der Waals surface area contributed by atoms with Gasteiger partial charge in [-0.05, 0) is 60.2 Å². The molecule has 0 bridgehead atoms. The Bertz CT molecular complexity index is 1390. The molecule has 1 heterocycles. The van der Waals surface area contributed by atoms with Gasteiger partial charge in [-0.1, -0.05) is 30.0 Å². The van der Waals surface area contributed by atoms with Gasteiger partial charge in [-0.2, -0.15) is 13.2 Å². The lowest BCUT2D eigenvalue weighted by atomic mass is 10.0. The normalized spacial score (nSPS) is 16.2. The molecule has 7 nitrogen and oxygen atoms in total. The zero-order valence-electron chi connectivity index (χ0n) is 20.5. The highest BCUT2D eigenvalue weighted by Gasteiger charge is 2.32. The molecule has 200 valence electrons. The van der Waals surface area contributed by atoms with Crippen molar-refractivity contribution < 1.29 is 31.8 Å². The van der Waals surface area contributed by atoms with Crippen LogP contribution in [0, 0.1) is 11.8 Å². The average Bonchev–Trinajstić information content (AvgIpc) is 2.86. The van der Waals surface area contributed by atoms with Gasteiger partial charge in [0.2, 0.25) is 11.3 Å². The van der Waals surface area contributed by atoms with Crippen molar-refractivity contribution in [2.24, 2.45) is 0 Å². The first kappa shape index (κ1) is 27.6. The molecular formula is C27H26F3N3O4S. The highest BCUT2D eigenvalue weighted by atomic mass is 32.2. The molecule has 4 rings (SSSR count). The zero-order valence-corrected chi connectivity index (χ0v) is 21.3. The number of nitrogens with zero attached hydrogens (tertiary/aromatic N) is 3. The molecule has 1 saturated heterocycles. The van der Waals surface area contributed by atoms with Crippen LogP contribution in [0.4, 0.5) is 18.9 Å². The highest BCUT2D eigenvalue weighted by Crippen LogP contribution is 2.34. The van der Waals surface area contributed by atoms with Gasteiger partial charge in [-0.25, -0.2) is 9.22 Å². The molecule has 0 saturated carbocycles. The smallest absolute Gasteiger partial charge is 0.417 e. The molecule has 1 aliphatic rings. The highest BCUT2D eigenvalue weighted by molar-refractivity contribution is 7.76. The molecule has 0 aromatic heterocycles. The topological polar surface area (TPSA) is 84.3 Å². The summed E-state index contributed by atoms with van der Waals surface area (Å²) in [7, 11) is 0. The second kappa shape index (κ2) is 11.5. The molecule has 0 spiro atoms. The summed E-state index contributed by atoms with van der Waals surface area (Å²) in [6.45, 7) is 3.67. The van der Waals surface area contributed by atoms with Crippen molar-refractivity contribution in [2.45, 2.75) is 25.6 Å². The number of anilines is 1. The van der Waals surface area contributed by atoms with E-state index < -0.39 is 35.0 Å². The maximum absolute atomic E-state index is 13.2. The molecule has 2 atom stereocenters. The molecule has 1 fully saturated rings. The largest absolute Gasteiger partial charge is 0.481 e. The van der Waals surface area contributed by atoms with Crippen molar-refractivity contribution in [3.63, 3.8) is 0 Å². The number of hydrazine groups is 1. The van der Waals surface area contributed by atoms with Crippen molar-refractivity contribution in [3.8, 4) is 11.8 Å². The van der Waals surface area contributed by atoms with Crippen LogP contribution in [-0.2, 0) is 22.2 Å². The molecule has 38 heavy (non-hydrogen) atoms. The molecular weight excluding hydrogens is 519 g/mol. The lowest BCUT2D eigenvalue weighted by Gasteiger charge is -2.41. The number of halogens is 3. The van der Waals surface area contributed by atoms with Crippen LogP contribution in [0.2, 0.25) is 0 Å². The third-order valence-corrected chi connectivity index (χ3v) is 7.22. The lowest BCUT2D eigenvalue weighted by molar-refractivity contribution is -0.139. The first-order chi connectivity index (χ1) is 18.0. The van der Waals surface area contributed by atoms with Crippen LogP contribution in [0.15, 0.2) is 60.7 Å². The quantitative estimate of drug-likeness (QED) is 0.348. The summed E-state index contributed by atoms with van der Waals surface area (Å²) in [6.07, 6.45) is -4.67. The fourth-order valence-electron chi connectivity index (χ4n) is 4.52. The van der Waals surface area contributed by atoms with Crippen LogP contribution >= 0.6 is 0 Å². The number of carbonyl (C=O) groups is 1. The zero-order chi connectivity index (χ0) is 27.4. The van der Waals surface area contributed by atoms with Gasteiger partial charge < -0.3 is 10.0 Å². The monoisotopic (exact) mass is 545 g/mol. The van der Waals surface area contributed by atoms with E-state index in [0.717, 1.165) is 17.3 Å². The van der Waals surface area contributed by atoms with E-state index in [1.165, 1.54) is 16.5 Å². The maximum Gasteiger partial charge on any atom is 0.417 e. The third-order valence-electron chi connectivity index (χ3n) is 6.31. The molecule has 2 N–H and O–H groups in total. The summed E-state index contributed by atoms with van der Waals surface area (Å²) in [6, 6.07) is 15.7. The Kier molecular flexibility index (Phi) is 8.38. The van der Waals surface area contributed by atoms with Crippen LogP contribution in [0.5, 0.6) is 0 Å². The number of hydrogen-bond donors (Lipinski definition) is 2. The fourth-order valence-corrected chi connectivity index (χ4v) is 5.27. The number of piperazine rings is 1. The summed E-state index contributed by atoms with van der Waals surface area (Å²) in [5.41, 5.74) is 1.65. The number of carboxylic acid groups (broad SMARTS) is 1. The van der Waals surface area contributed by atoms with E-state index in [0.29, 0.717) is 37.1 Å². The van der Waals surface area contributed by atoms with Crippen LogP contribution in [-0.4, -0.2) is 61.5 Å². The van der Waals surface area contributed by atoms with Crippen LogP contribution in [0.3, 0.4) is 0 Å².